The second-order valence-corrected chi connectivity index (χ2v) is 1.26. The fraction of sp³-hybridized carbons (Fsp3) is 1.00. The highest BCUT2D eigenvalue weighted by Crippen LogP contribution is 1.70. The third-order valence-corrected chi connectivity index (χ3v) is 0.218. The topological polar surface area (TPSA) is 12.0 Å². The molecule has 0 aliphatic heterocycles. The van der Waals surface area contributed by atoms with Crippen LogP contribution < -0.4 is 5.54 Å². The van der Waals surface area contributed by atoms with Gasteiger partial charge in [-0.05, 0) is 13.8 Å². The lowest BCUT2D eigenvalue weighted by molar-refractivity contribution is 0.294. The molecule has 0 heterocycles. The molecule has 0 aliphatic carbocycles. The SMILES string of the molecule is CC(C)NF. The van der Waals surface area contributed by atoms with Crippen LogP contribution in [0.3, 0.4) is 0 Å². The zero-order valence-corrected chi connectivity index (χ0v) is 3.46. The maximum Gasteiger partial charge on any atom is 0.0315 e. The van der Waals surface area contributed by atoms with E-state index < -0.39 is 0 Å². The zero-order chi connectivity index (χ0) is 4.28. The van der Waals surface area contributed by atoms with Crippen molar-refractivity contribution in [2.24, 2.45) is 0 Å². The minimum absolute atomic E-state index is 0.0324. The largest absolute Gasteiger partial charge is 0.157 e. The molecule has 1 nitrogen and oxygen atoms in total. The molecule has 0 aromatic rings. The lowest BCUT2D eigenvalue weighted by atomic mass is 10.4. The van der Waals surface area contributed by atoms with Crippen molar-refractivity contribution in [3.8, 4) is 0 Å². The van der Waals surface area contributed by atoms with Gasteiger partial charge in [0.05, 0.1) is 0 Å². The number of hydrogen-bond acceptors (Lipinski definition) is 1. The molecule has 0 rings (SSSR count). The van der Waals surface area contributed by atoms with Crippen molar-refractivity contribution < 1.29 is 4.48 Å². The fourth-order valence-electron chi connectivity index (χ4n) is 0. The summed E-state index contributed by atoms with van der Waals surface area (Å²) in [4.78, 5) is 0. The minimum Gasteiger partial charge on any atom is -0.157 e. The van der Waals surface area contributed by atoms with Gasteiger partial charge in [-0.2, -0.15) is 5.54 Å². The third kappa shape index (κ3) is 3.89. The molecule has 0 fully saturated rings. The lowest BCUT2D eigenvalue weighted by Crippen LogP contribution is -2.10. The summed E-state index contributed by atoms with van der Waals surface area (Å²) >= 11 is 0. The van der Waals surface area contributed by atoms with E-state index in [1.165, 1.54) is 5.54 Å². The Morgan fingerprint density at radius 2 is 1.80 bits per heavy atom. The van der Waals surface area contributed by atoms with Gasteiger partial charge in [-0.25, -0.2) is 0 Å². The summed E-state index contributed by atoms with van der Waals surface area (Å²) in [5, 5.41) is 0. The molecule has 0 bridgehead atoms. The van der Waals surface area contributed by atoms with Gasteiger partial charge in [-0.3, -0.25) is 0 Å². The van der Waals surface area contributed by atoms with Crippen LogP contribution in [0.4, 0.5) is 4.48 Å². The Morgan fingerprint density at radius 3 is 1.80 bits per heavy atom. The highest BCUT2D eigenvalue weighted by molar-refractivity contribution is 4.35. The normalized spacial score (nSPS) is 9.60. The van der Waals surface area contributed by atoms with E-state index in [9.17, 15) is 4.48 Å². The van der Waals surface area contributed by atoms with E-state index in [2.05, 4.69) is 0 Å². The Bertz CT molecular complexity index is 20.9. The zero-order valence-electron chi connectivity index (χ0n) is 3.46. The number of hydrogen-bond donors (Lipinski definition) is 1. The number of nitrogens with one attached hydrogen (secondary N) is 1. The molecule has 0 unspecified atom stereocenters. The van der Waals surface area contributed by atoms with E-state index in [0.717, 1.165) is 0 Å². The Kier molecular flexibility index (Phi) is 2.10. The van der Waals surface area contributed by atoms with Crippen molar-refractivity contribution in [2.75, 3.05) is 0 Å². The second-order valence-electron chi connectivity index (χ2n) is 1.26. The molecule has 32 valence electrons. The summed E-state index contributed by atoms with van der Waals surface area (Å²) < 4.78 is 10.9. The van der Waals surface area contributed by atoms with Crippen molar-refractivity contribution in [1.29, 1.82) is 0 Å². The standard InChI is InChI=1S/C3H8FN/c1-3(2)5-4/h3,5H,1-2H3. The van der Waals surface area contributed by atoms with Gasteiger partial charge < -0.3 is 0 Å². The maximum absolute atomic E-state index is 10.9. The van der Waals surface area contributed by atoms with Gasteiger partial charge in [0.15, 0.2) is 0 Å². The Balaban J connectivity index is 2.54. The van der Waals surface area contributed by atoms with Crippen LogP contribution in [0.25, 0.3) is 0 Å². The number of halogens is 1. The highest BCUT2D eigenvalue weighted by Gasteiger charge is 1.81. The first-order valence-corrected chi connectivity index (χ1v) is 1.63. The maximum atomic E-state index is 10.9. The molecule has 0 aromatic carbocycles. The van der Waals surface area contributed by atoms with Gasteiger partial charge in [-0.1, -0.05) is 0 Å². The van der Waals surface area contributed by atoms with Crippen LogP contribution in [0, 0.1) is 0 Å². The van der Waals surface area contributed by atoms with Crippen LogP contribution in [0.15, 0.2) is 0 Å². The first-order chi connectivity index (χ1) is 2.27. The molecule has 5 heavy (non-hydrogen) atoms. The van der Waals surface area contributed by atoms with E-state index in [1.807, 2.05) is 0 Å². The minimum atomic E-state index is -0.0324. The number of rotatable bonds is 1. The molecular formula is C3H8FN. The lowest BCUT2D eigenvalue weighted by Gasteiger charge is -1.90. The summed E-state index contributed by atoms with van der Waals surface area (Å²) in [6, 6.07) is -0.0324. The van der Waals surface area contributed by atoms with E-state index in [1.54, 1.807) is 13.8 Å². The predicted molar refractivity (Wildman–Crippen MR) is 19.4 cm³/mol. The third-order valence-electron chi connectivity index (χ3n) is 0.218. The van der Waals surface area contributed by atoms with Crippen LogP contribution in [-0.2, 0) is 0 Å². The van der Waals surface area contributed by atoms with Gasteiger partial charge in [0.1, 0.15) is 0 Å². The fourth-order valence-corrected chi connectivity index (χ4v) is 0. The monoisotopic (exact) mass is 77.1 g/mol. The molecule has 0 atom stereocenters. The Hall–Kier alpha value is -0.110. The van der Waals surface area contributed by atoms with Gasteiger partial charge in [0.25, 0.3) is 0 Å². The van der Waals surface area contributed by atoms with E-state index in [0.29, 0.717) is 0 Å². The van der Waals surface area contributed by atoms with Gasteiger partial charge in [0, 0.05) is 6.04 Å². The van der Waals surface area contributed by atoms with Crippen LogP contribution in [0.2, 0.25) is 0 Å². The molecular weight excluding hydrogens is 69.0 g/mol. The van der Waals surface area contributed by atoms with Crippen molar-refractivity contribution in [1.82, 2.24) is 5.54 Å². The van der Waals surface area contributed by atoms with Crippen LogP contribution >= 0.6 is 0 Å². The molecule has 0 aromatic heterocycles. The van der Waals surface area contributed by atoms with Crippen molar-refractivity contribution in [3.63, 3.8) is 0 Å². The van der Waals surface area contributed by atoms with Crippen molar-refractivity contribution in [3.05, 3.63) is 0 Å². The van der Waals surface area contributed by atoms with Crippen molar-refractivity contribution >= 4 is 0 Å². The van der Waals surface area contributed by atoms with E-state index >= 15 is 0 Å². The molecule has 0 saturated carbocycles. The summed E-state index contributed by atoms with van der Waals surface area (Å²) in [6.45, 7) is 3.47. The summed E-state index contributed by atoms with van der Waals surface area (Å²) in [6.07, 6.45) is 0. The molecule has 0 aliphatic rings. The van der Waals surface area contributed by atoms with Gasteiger partial charge in [0.2, 0.25) is 0 Å². The summed E-state index contributed by atoms with van der Waals surface area (Å²) in [7, 11) is 0. The molecule has 0 spiro atoms. The van der Waals surface area contributed by atoms with E-state index in [4.69, 9.17) is 0 Å². The molecule has 0 saturated heterocycles. The first kappa shape index (κ1) is 4.89. The predicted octanol–water partition coefficient (Wildman–Crippen LogP) is 0.869. The molecule has 0 radical (unpaired) electrons. The Labute approximate surface area is 31.1 Å². The summed E-state index contributed by atoms with van der Waals surface area (Å²) in [5.74, 6) is 0. The Morgan fingerprint density at radius 1 is 1.60 bits per heavy atom. The van der Waals surface area contributed by atoms with Crippen LogP contribution in [0.5, 0.6) is 0 Å². The summed E-state index contributed by atoms with van der Waals surface area (Å²) in [5.41, 5.74) is 1.53. The molecule has 0 amide bonds. The van der Waals surface area contributed by atoms with E-state index in [-0.39, 0.29) is 6.04 Å². The molecule has 2 heteroatoms. The van der Waals surface area contributed by atoms with Gasteiger partial charge in [-0.15, -0.1) is 4.48 Å². The molecule has 1 N–H and O–H groups in total. The average molecular weight is 77.1 g/mol. The van der Waals surface area contributed by atoms with Crippen LogP contribution in [-0.4, -0.2) is 6.04 Å². The first-order valence-electron chi connectivity index (χ1n) is 1.63. The average Bonchev–Trinajstić information content (AvgIpc) is 1.38. The quantitative estimate of drug-likeness (QED) is 0.458. The highest BCUT2D eigenvalue weighted by atomic mass is 19.2. The van der Waals surface area contributed by atoms with Gasteiger partial charge >= 0.3 is 0 Å². The second kappa shape index (κ2) is 2.15. The van der Waals surface area contributed by atoms with Crippen molar-refractivity contribution in [2.45, 2.75) is 19.9 Å². The van der Waals surface area contributed by atoms with Crippen LogP contribution in [0.1, 0.15) is 13.8 Å². The smallest absolute Gasteiger partial charge is 0.0315 e.